The summed E-state index contributed by atoms with van der Waals surface area (Å²) in [6.07, 6.45) is 0. The number of sulfonamides is 1. The van der Waals surface area contributed by atoms with Crippen LogP contribution in [0.3, 0.4) is 0 Å². The Bertz CT molecular complexity index is 1040. The Kier molecular flexibility index (Phi) is 6.05. The van der Waals surface area contributed by atoms with Crippen LogP contribution in [0.2, 0.25) is 0 Å². The number of carbonyl (C=O) groups is 1. The lowest BCUT2D eigenvalue weighted by Crippen LogP contribution is -2.23. The molecule has 0 aliphatic carbocycles. The monoisotopic (exact) mass is 425 g/mol. The van der Waals surface area contributed by atoms with Crippen molar-refractivity contribution in [2.24, 2.45) is 0 Å². The van der Waals surface area contributed by atoms with E-state index in [1.807, 2.05) is 5.38 Å². The molecule has 0 radical (unpaired) electrons. The van der Waals surface area contributed by atoms with Gasteiger partial charge < -0.3 is 4.74 Å². The van der Waals surface area contributed by atoms with Gasteiger partial charge in [-0.1, -0.05) is 0 Å². The molecule has 0 amide bonds. The number of ketones is 1. The molecule has 3 aromatic rings. The molecule has 3 rings (SSSR count). The van der Waals surface area contributed by atoms with Crippen LogP contribution in [-0.2, 0) is 16.6 Å². The topological polar surface area (TPSA) is 72.5 Å². The van der Waals surface area contributed by atoms with Crippen LogP contribution in [0.15, 0.2) is 52.1 Å². The van der Waals surface area contributed by atoms with E-state index in [0.717, 1.165) is 6.07 Å². The van der Waals surface area contributed by atoms with E-state index in [9.17, 15) is 17.6 Å². The maximum absolute atomic E-state index is 13.9. The Morgan fingerprint density at radius 2 is 2.04 bits per heavy atom. The molecule has 0 atom stereocenters. The van der Waals surface area contributed by atoms with Crippen LogP contribution < -0.4 is 9.46 Å². The second kappa shape index (κ2) is 8.30. The van der Waals surface area contributed by atoms with E-state index >= 15 is 0 Å². The molecular weight excluding hydrogens is 409 g/mol. The Balaban J connectivity index is 1.69. The lowest BCUT2D eigenvalue weighted by molar-refractivity contribution is 0.104. The predicted molar refractivity (Wildman–Crippen MR) is 104 cm³/mol. The lowest BCUT2D eigenvalue weighted by atomic mass is 10.2. The highest BCUT2D eigenvalue weighted by molar-refractivity contribution is 7.89. The first-order chi connectivity index (χ1) is 12.9. The third-order valence-corrected chi connectivity index (χ3v) is 6.78. The smallest absolute Gasteiger partial charge is 0.241 e. The second-order valence-electron chi connectivity index (χ2n) is 5.46. The zero-order valence-corrected chi connectivity index (χ0v) is 16.7. The fourth-order valence-electron chi connectivity index (χ4n) is 2.30. The summed E-state index contributed by atoms with van der Waals surface area (Å²) >= 11 is 2.66. The van der Waals surface area contributed by atoms with Gasteiger partial charge in [-0.2, -0.15) is 11.3 Å². The predicted octanol–water partition coefficient (Wildman–Crippen LogP) is 4.06. The molecule has 0 bridgehead atoms. The Hall–Kier alpha value is -2.07. The van der Waals surface area contributed by atoms with Crippen molar-refractivity contribution in [3.8, 4) is 5.75 Å². The molecule has 0 spiro atoms. The Morgan fingerprint density at radius 1 is 1.22 bits per heavy atom. The zero-order chi connectivity index (χ0) is 19.4. The molecule has 5 nitrogen and oxygen atoms in total. The van der Waals surface area contributed by atoms with Gasteiger partial charge in [0.05, 0.1) is 16.4 Å². The van der Waals surface area contributed by atoms with E-state index in [2.05, 4.69) is 4.72 Å². The SMILES string of the molecule is CCOc1ccc(S(=O)(=O)NCc2ccc(C(=O)c3ccsc3)s2)cc1F. The van der Waals surface area contributed by atoms with E-state index in [-0.39, 0.29) is 29.6 Å². The molecule has 0 fully saturated rings. The number of benzene rings is 1. The number of carbonyl (C=O) groups excluding carboxylic acids is 1. The summed E-state index contributed by atoms with van der Waals surface area (Å²) in [5.74, 6) is -0.824. The van der Waals surface area contributed by atoms with Crippen molar-refractivity contribution in [3.63, 3.8) is 0 Å². The average Bonchev–Trinajstić information content (AvgIpc) is 3.33. The summed E-state index contributed by atoms with van der Waals surface area (Å²) in [5, 5.41) is 3.59. The largest absolute Gasteiger partial charge is 0.491 e. The molecule has 0 saturated carbocycles. The minimum absolute atomic E-state index is 0.00583. The van der Waals surface area contributed by atoms with Gasteiger partial charge in [-0.25, -0.2) is 17.5 Å². The number of nitrogens with one attached hydrogen (secondary N) is 1. The van der Waals surface area contributed by atoms with Crippen LogP contribution in [0.25, 0.3) is 0 Å². The molecule has 2 aromatic heterocycles. The molecule has 0 unspecified atom stereocenters. The van der Waals surface area contributed by atoms with Crippen molar-refractivity contribution in [2.45, 2.75) is 18.4 Å². The quantitative estimate of drug-likeness (QED) is 0.553. The van der Waals surface area contributed by atoms with Gasteiger partial charge in [0.15, 0.2) is 11.6 Å². The molecular formula is C18H16FNO4S3. The first kappa shape index (κ1) is 19.7. The number of hydrogen-bond acceptors (Lipinski definition) is 6. The van der Waals surface area contributed by atoms with Crippen molar-refractivity contribution >= 4 is 38.5 Å². The fraction of sp³-hybridized carbons (Fsp3) is 0.167. The van der Waals surface area contributed by atoms with Crippen LogP contribution in [-0.4, -0.2) is 20.8 Å². The first-order valence-electron chi connectivity index (χ1n) is 7.98. The molecule has 1 N–H and O–H groups in total. The maximum atomic E-state index is 13.9. The van der Waals surface area contributed by atoms with Gasteiger partial charge in [0.2, 0.25) is 15.8 Å². The lowest BCUT2D eigenvalue weighted by Gasteiger charge is -2.08. The van der Waals surface area contributed by atoms with Crippen LogP contribution in [0, 0.1) is 5.82 Å². The summed E-state index contributed by atoms with van der Waals surface area (Å²) in [4.78, 5) is 13.3. The van der Waals surface area contributed by atoms with Gasteiger partial charge >= 0.3 is 0 Å². The molecule has 0 aliphatic heterocycles. The van der Waals surface area contributed by atoms with E-state index in [0.29, 0.717) is 15.3 Å². The van der Waals surface area contributed by atoms with E-state index in [4.69, 9.17) is 4.74 Å². The van der Waals surface area contributed by atoms with Crippen molar-refractivity contribution < 1.29 is 22.3 Å². The van der Waals surface area contributed by atoms with Gasteiger partial charge in [0.25, 0.3) is 0 Å². The van der Waals surface area contributed by atoms with Gasteiger partial charge in [-0.05, 0) is 48.7 Å². The Morgan fingerprint density at radius 3 is 2.70 bits per heavy atom. The molecule has 2 heterocycles. The number of hydrogen-bond donors (Lipinski definition) is 1. The van der Waals surface area contributed by atoms with Crippen LogP contribution in [0.5, 0.6) is 5.75 Å². The minimum Gasteiger partial charge on any atom is -0.491 e. The highest BCUT2D eigenvalue weighted by Gasteiger charge is 2.18. The third-order valence-electron chi connectivity index (χ3n) is 3.62. The van der Waals surface area contributed by atoms with Crippen LogP contribution >= 0.6 is 22.7 Å². The third kappa shape index (κ3) is 4.62. The number of halogens is 1. The number of ether oxygens (including phenoxy) is 1. The van der Waals surface area contributed by atoms with Crippen molar-refractivity contribution in [1.82, 2.24) is 4.72 Å². The van der Waals surface area contributed by atoms with Crippen LogP contribution in [0.4, 0.5) is 4.39 Å². The second-order valence-corrected chi connectivity index (χ2v) is 9.17. The minimum atomic E-state index is -3.89. The highest BCUT2D eigenvalue weighted by Crippen LogP contribution is 2.23. The fourth-order valence-corrected chi connectivity index (χ4v) is 4.96. The summed E-state index contributed by atoms with van der Waals surface area (Å²) in [6.45, 7) is 2.01. The van der Waals surface area contributed by atoms with Crippen molar-refractivity contribution in [3.05, 3.63) is 68.3 Å². The molecule has 0 aliphatic rings. The average molecular weight is 426 g/mol. The molecule has 0 saturated heterocycles. The first-order valence-corrected chi connectivity index (χ1v) is 11.2. The zero-order valence-electron chi connectivity index (χ0n) is 14.3. The molecule has 9 heteroatoms. The van der Waals surface area contributed by atoms with E-state index < -0.39 is 15.8 Å². The van der Waals surface area contributed by atoms with Gasteiger partial charge in [-0.3, -0.25) is 4.79 Å². The molecule has 142 valence electrons. The summed E-state index contributed by atoms with van der Waals surface area (Å²) in [5.41, 5.74) is 0.610. The van der Waals surface area contributed by atoms with Crippen LogP contribution in [0.1, 0.15) is 27.0 Å². The number of rotatable bonds is 8. The summed E-state index contributed by atoms with van der Waals surface area (Å²) < 4.78 is 46.1. The van der Waals surface area contributed by atoms with Crippen molar-refractivity contribution in [1.29, 1.82) is 0 Å². The van der Waals surface area contributed by atoms with E-state index in [1.54, 1.807) is 30.5 Å². The molecule has 1 aromatic carbocycles. The standard InChI is InChI=1S/C18H16FNO4S3/c1-2-24-16-5-4-14(9-15(16)19)27(22,23)20-10-13-3-6-17(26-13)18(21)12-7-8-25-11-12/h3-9,11,20H,2,10H2,1H3. The highest BCUT2D eigenvalue weighted by atomic mass is 32.2. The van der Waals surface area contributed by atoms with Gasteiger partial charge in [0, 0.05) is 22.4 Å². The van der Waals surface area contributed by atoms with E-state index in [1.165, 1.54) is 34.8 Å². The van der Waals surface area contributed by atoms with Crippen molar-refractivity contribution in [2.75, 3.05) is 6.61 Å². The summed E-state index contributed by atoms with van der Waals surface area (Å²) in [7, 11) is -3.89. The Labute approximate surface area is 164 Å². The van der Waals surface area contributed by atoms with Gasteiger partial charge in [0.1, 0.15) is 0 Å². The van der Waals surface area contributed by atoms with Gasteiger partial charge in [-0.15, -0.1) is 11.3 Å². The summed E-state index contributed by atoms with van der Waals surface area (Å²) in [6, 6.07) is 8.62. The molecule has 27 heavy (non-hydrogen) atoms. The number of thiophene rings is 2. The maximum Gasteiger partial charge on any atom is 0.241 e. The normalized spacial score (nSPS) is 11.5.